The monoisotopic (exact) mass is 373 g/mol. The molecule has 4 heteroatoms. The third-order valence-electron chi connectivity index (χ3n) is 3.73. The number of rotatable bonds is 7. The minimum Gasteiger partial charge on any atom is -0.487 e. The average Bonchev–Trinajstić information content (AvgIpc) is 2.63. The van der Waals surface area contributed by atoms with Gasteiger partial charge in [-0.2, -0.15) is 0 Å². The maximum absolute atomic E-state index is 6.34. The Bertz CT molecular complexity index is 763. The van der Waals surface area contributed by atoms with Crippen molar-refractivity contribution in [1.29, 1.82) is 0 Å². The molecule has 3 aromatic rings. The SMILES string of the molecule is Cl.Clc1cc(CNCc2ccccc2)ccc1OCc1ccccc1. The van der Waals surface area contributed by atoms with Crippen LogP contribution in [0.5, 0.6) is 5.75 Å². The highest BCUT2D eigenvalue weighted by Gasteiger charge is 2.04. The van der Waals surface area contributed by atoms with E-state index in [4.69, 9.17) is 16.3 Å². The molecule has 3 rings (SSSR count). The predicted octanol–water partition coefficient (Wildman–Crippen LogP) is 5.63. The number of ether oxygens (including phenoxy) is 1. The molecule has 0 aliphatic carbocycles. The van der Waals surface area contributed by atoms with E-state index in [1.165, 1.54) is 5.56 Å². The van der Waals surface area contributed by atoms with Gasteiger partial charge in [0.15, 0.2) is 0 Å². The van der Waals surface area contributed by atoms with Gasteiger partial charge >= 0.3 is 0 Å². The van der Waals surface area contributed by atoms with Crippen LogP contribution < -0.4 is 10.1 Å². The molecule has 0 radical (unpaired) electrons. The van der Waals surface area contributed by atoms with Crippen LogP contribution in [0.2, 0.25) is 5.02 Å². The fourth-order valence-electron chi connectivity index (χ4n) is 2.45. The van der Waals surface area contributed by atoms with Gasteiger partial charge in [0.2, 0.25) is 0 Å². The van der Waals surface area contributed by atoms with Crippen molar-refractivity contribution in [2.75, 3.05) is 0 Å². The van der Waals surface area contributed by atoms with Crippen LogP contribution >= 0.6 is 24.0 Å². The molecule has 0 aliphatic rings. The zero-order chi connectivity index (χ0) is 16.6. The molecular formula is C21H21Cl2NO. The Morgan fingerprint density at radius 2 is 1.32 bits per heavy atom. The van der Waals surface area contributed by atoms with Crippen molar-refractivity contribution in [2.45, 2.75) is 19.7 Å². The Morgan fingerprint density at radius 3 is 1.96 bits per heavy atom. The highest BCUT2D eigenvalue weighted by molar-refractivity contribution is 6.32. The van der Waals surface area contributed by atoms with E-state index in [9.17, 15) is 0 Å². The first kappa shape index (κ1) is 19.3. The first-order chi connectivity index (χ1) is 11.8. The van der Waals surface area contributed by atoms with Gasteiger partial charge in [0.05, 0.1) is 5.02 Å². The number of benzene rings is 3. The van der Waals surface area contributed by atoms with Crippen LogP contribution in [0.15, 0.2) is 78.9 Å². The summed E-state index contributed by atoms with van der Waals surface area (Å²) >= 11 is 6.34. The molecule has 0 bridgehead atoms. The smallest absolute Gasteiger partial charge is 0.138 e. The van der Waals surface area contributed by atoms with Gasteiger partial charge in [-0.25, -0.2) is 0 Å². The quantitative estimate of drug-likeness (QED) is 0.579. The normalized spacial score (nSPS) is 10.1. The molecule has 0 unspecified atom stereocenters. The Hall–Kier alpha value is -2.00. The molecule has 0 spiro atoms. The summed E-state index contributed by atoms with van der Waals surface area (Å²) in [4.78, 5) is 0. The molecule has 0 amide bonds. The molecule has 0 aromatic heterocycles. The number of nitrogens with one attached hydrogen (secondary N) is 1. The van der Waals surface area contributed by atoms with Crippen molar-refractivity contribution in [3.8, 4) is 5.75 Å². The van der Waals surface area contributed by atoms with E-state index in [0.717, 1.165) is 24.2 Å². The van der Waals surface area contributed by atoms with Gasteiger partial charge in [0, 0.05) is 13.1 Å². The van der Waals surface area contributed by atoms with Crippen LogP contribution in [-0.4, -0.2) is 0 Å². The Morgan fingerprint density at radius 1 is 0.720 bits per heavy atom. The van der Waals surface area contributed by atoms with Gasteiger partial charge in [-0.05, 0) is 28.8 Å². The summed E-state index contributed by atoms with van der Waals surface area (Å²) in [6.07, 6.45) is 0. The molecule has 25 heavy (non-hydrogen) atoms. The van der Waals surface area contributed by atoms with Crippen molar-refractivity contribution in [3.05, 3.63) is 101 Å². The topological polar surface area (TPSA) is 21.3 Å². The molecule has 0 aliphatic heterocycles. The van der Waals surface area contributed by atoms with Crippen LogP contribution in [0.25, 0.3) is 0 Å². The number of hydrogen-bond acceptors (Lipinski definition) is 2. The summed E-state index contributed by atoms with van der Waals surface area (Å²) in [7, 11) is 0. The minimum atomic E-state index is 0. The summed E-state index contributed by atoms with van der Waals surface area (Å²) in [5.74, 6) is 0.715. The maximum atomic E-state index is 6.34. The lowest BCUT2D eigenvalue weighted by Crippen LogP contribution is -2.12. The van der Waals surface area contributed by atoms with E-state index in [1.54, 1.807) is 0 Å². The lowest BCUT2D eigenvalue weighted by atomic mass is 10.2. The van der Waals surface area contributed by atoms with Crippen LogP contribution in [-0.2, 0) is 19.7 Å². The third-order valence-corrected chi connectivity index (χ3v) is 4.03. The lowest BCUT2D eigenvalue weighted by Gasteiger charge is -2.10. The number of hydrogen-bond donors (Lipinski definition) is 1. The van der Waals surface area contributed by atoms with Crippen molar-refractivity contribution in [2.24, 2.45) is 0 Å². The van der Waals surface area contributed by atoms with E-state index in [0.29, 0.717) is 17.4 Å². The van der Waals surface area contributed by atoms with Crippen LogP contribution in [0.3, 0.4) is 0 Å². The highest BCUT2D eigenvalue weighted by atomic mass is 35.5. The molecule has 1 N–H and O–H groups in total. The van der Waals surface area contributed by atoms with E-state index in [-0.39, 0.29) is 12.4 Å². The molecule has 0 heterocycles. The van der Waals surface area contributed by atoms with Gasteiger partial charge < -0.3 is 10.1 Å². The van der Waals surface area contributed by atoms with Crippen molar-refractivity contribution in [3.63, 3.8) is 0 Å². The molecule has 0 saturated carbocycles. The summed E-state index contributed by atoms with van der Waals surface area (Å²) in [5.41, 5.74) is 3.54. The summed E-state index contributed by atoms with van der Waals surface area (Å²) < 4.78 is 5.80. The van der Waals surface area contributed by atoms with Crippen LogP contribution in [0.1, 0.15) is 16.7 Å². The zero-order valence-electron chi connectivity index (χ0n) is 13.8. The van der Waals surface area contributed by atoms with Crippen molar-refractivity contribution >= 4 is 24.0 Å². The largest absolute Gasteiger partial charge is 0.487 e. The standard InChI is InChI=1S/C21H20ClNO.ClH/c22-20-13-19(15-23-14-17-7-3-1-4-8-17)11-12-21(20)24-16-18-9-5-2-6-10-18;/h1-13,23H,14-16H2;1H. The molecule has 2 nitrogen and oxygen atoms in total. The highest BCUT2D eigenvalue weighted by Crippen LogP contribution is 2.26. The summed E-state index contributed by atoms with van der Waals surface area (Å²) in [5, 5.41) is 4.07. The molecule has 0 atom stereocenters. The van der Waals surface area contributed by atoms with Gasteiger partial charge in [-0.1, -0.05) is 78.3 Å². The number of halogens is 2. The molecule has 0 saturated heterocycles. The fourth-order valence-corrected chi connectivity index (χ4v) is 2.71. The van der Waals surface area contributed by atoms with E-state index in [2.05, 4.69) is 17.4 Å². The second-order valence-electron chi connectivity index (χ2n) is 5.63. The first-order valence-electron chi connectivity index (χ1n) is 8.01. The second-order valence-corrected chi connectivity index (χ2v) is 6.04. The Labute approximate surface area is 160 Å². The van der Waals surface area contributed by atoms with Gasteiger partial charge in [0.25, 0.3) is 0 Å². The molecule has 0 fully saturated rings. The second kappa shape index (κ2) is 10.1. The zero-order valence-corrected chi connectivity index (χ0v) is 15.4. The fraction of sp³-hybridized carbons (Fsp3) is 0.143. The predicted molar refractivity (Wildman–Crippen MR) is 106 cm³/mol. The third kappa shape index (κ3) is 6.09. The van der Waals surface area contributed by atoms with E-state index in [1.807, 2.05) is 66.7 Å². The van der Waals surface area contributed by atoms with E-state index < -0.39 is 0 Å². The minimum absolute atomic E-state index is 0. The maximum Gasteiger partial charge on any atom is 0.138 e. The van der Waals surface area contributed by atoms with Crippen LogP contribution in [0, 0.1) is 0 Å². The van der Waals surface area contributed by atoms with Gasteiger partial charge in [0.1, 0.15) is 12.4 Å². The summed E-state index contributed by atoms with van der Waals surface area (Å²) in [6.45, 7) is 2.13. The van der Waals surface area contributed by atoms with Gasteiger partial charge in [-0.15, -0.1) is 12.4 Å². The van der Waals surface area contributed by atoms with E-state index >= 15 is 0 Å². The Balaban J connectivity index is 0.00000225. The summed E-state index contributed by atoms with van der Waals surface area (Å²) in [6, 6.07) is 26.4. The average molecular weight is 374 g/mol. The van der Waals surface area contributed by atoms with Gasteiger partial charge in [-0.3, -0.25) is 0 Å². The first-order valence-corrected chi connectivity index (χ1v) is 8.39. The molecular weight excluding hydrogens is 353 g/mol. The van der Waals surface area contributed by atoms with Crippen molar-refractivity contribution in [1.82, 2.24) is 5.32 Å². The van der Waals surface area contributed by atoms with Crippen LogP contribution in [0.4, 0.5) is 0 Å². The lowest BCUT2D eigenvalue weighted by molar-refractivity contribution is 0.306. The molecule has 3 aromatic carbocycles. The van der Waals surface area contributed by atoms with Crippen molar-refractivity contribution < 1.29 is 4.74 Å². The molecule has 130 valence electrons. The Kier molecular flexibility index (Phi) is 7.80.